The summed E-state index contributed by atoms with van der Waals surface area (Å²) in [7, 11) is -3.94. The number of sulfonamides is 1. The smallest absolute Gasteiger partial charge is 0.323 e. The highest BCUT2D eigenvalue weighted by Gasteiger charge is 2.44. The lowest BCUT2D eigenvalue weighted by molar-refractivity contribution is -0.130. The Morgan fingerprint density at radius 2 is 1.93 bits per heavy atom. The molecular weight excluding hydrogens is 426 g/mol. The van der Waals surface area contributed by atoms with Crippen molar-refractivity contribution in [1.82, 2.24) is 14.5 Å². The molecule has 1 saturated heterocycles. The number of anilines is 1. The summed E-state index contributed by atoms with van der Waals surface area (Å²) in [4.78, 5) is 27.1. The maximum absolute atomic E-state index is 13.2. The molecule has 2 aromatic rings. The molecule has 162 valence electrons. The van der Waals surface area contributed by atoms with E-state index in [0.717, 1.165) is 21.2 Å². The largest absolute Gasteiger partial charge is 0.352 e. The van der Waals surface area contributed by atoms with Crippen LogP contribution in [0, 0.1) is 6.92 Å². The van der Waals surface area contributed by atoms with Crippen molar-refractivity contribution < 1.29 is 18.0 Å². The number of rotatable bonds is 6. The summed E-state index contributed by atoms with van der Waals surface area (Å²) >= 11 is 1.07. The van der Waals surface area contributed by atoms with Crippen LogP contribution in [0.4, 0.5) is 10.5 Å². The Balaban J connectivity index is 1.90. The van der Waals surface area contributed by atoms with Gasteiger partial charge in [0.25, 0.3) is 15.9 Å². The highest BCUT2D eigenvalue weighted by Crippen LogP contribution is 2.27. The third-order valence-electron chi connectivity index (χ3n) is 4.65. The average Bonchev–Trinajstić information content (AvgIpc) is 3.29. The minimum Gasteiger partial charge on any atom is -0.352 e. The second kappa shape index (κ2) is 9.56. The van der Waals surface area contributed by atoms with E-state index in [9.17, 15) is 18.0 Å². The summed E-state index contributed by atoms with van der Waals surface area (Å²) < 4.78 is 27.6. The van der Waals surface area contributed by atoms with E-state index >= 15 is 0 Å². The molecule has 1 unspecified atom stereocenters. The number of carbonyl (C=O) groups excluding carboxylic acids is 2. The molecule has 0 spiro atoms. The number of nitrogens with two attached hydrogens (primary N) is 1. The molecule has 1 aromatic carbocycles. The molecule has 1 atom stereocenters. The standard InChI is InChI=1S/C19H25N5O4S2/c1-14-5-7-15(8-6-14)22-19(26)23-11-3-12-24(18(23)17(25)21-10-9-20)30(27,28)16-4-2-13-29-16/h2,4-8,13,18H,3,9-12,20H2,1H3,(H,21,25)(H,22,26). The highest BCUT2D eigenvalue weighted by molar-refractivity contribution is 7.91. The number of hydrogen-bond acceptors (Lipinski definition) is 6. The van der Waals surface area contributed by atoms with E-state index in [1.807, 2.05) is 19.1 Å². The molecule has 1 aliphatic heterocycles. The van der Waals surface area contributed by atoms with Crippen molar-refractivity contribution in [3.05, 3.63) is 47.3 Å². The molecule has 1 aromatic heterocycles. The van der Waals surface area contributed by atoms with E-state index in [4.69, 9.17) is 5.73 Å². The fourth-order valence-electron chi connectivity index (χ4n) is 3.18. The molecule has 0 bridgehead atoms. The van der Waals surface area contributed by atoms with Crippen LogP contribution in [-0.4, -0.2) is 61.9 Å². The first kappa shape index (κ1) is 22.2. The summed E-state index contributed by atoms with van der Waals surface area (Å²) in [6.45, 7) is 2.69. The van der Waals surface area contributed by atoms with Gasteiger partial charge in [-0.15, -0.1) is 11.3 Å². The van der Waals surface area contributed by atoms with Crippen LogP contribution in [0.15, 0.2) is 46.0 Å². The molecule has 11 heteroatoms. The van der Waals surface area contributed by atoms with Gasteiger partial charge in [-0.25, -0.2) is 13.2 Å². The first-order valence-corrected chi connectivity index (χ1v) is 11.8. The molecule has 0 saturated carbocycles. The van der Waals surface area contributed by atoms with Crippen molar-refractivity contribution in [2.75, 3.05) is 31.5 Å². The Labute approximate surface area is 179 Å². The topological polar surface area (TPSA) is 125 Å². The molecule has 1 fully saturated rings. The number of thiophene rings is 1. The number of nitrogens with zero attached hydrogens (tertiary/aromatic N) is 2. The van der Waals surface area contributed by atoms with Gasteiger partial charge in [-0.1, -0.05) is 23.8 Å². The highest BCUT2D eigenvalue weighted by atomic mass is 32.2. The first-order valence-electron chi connectivity index (χ1n) is 9.52. The predicted octanol–water partition coefficient (Wildman–Crippen LogP) is 1.39. The van der Waals surface area contributed by atoms with Gasteiger partial charge in [0, 0.05) is 31.9 Å². The molecule has 4 N–H and O–H groups in total. The number of nitrogens with one attached hydrogen (secondary N) is 2. The number of urea groups is 1. The maximum Gasteiger partial charge on any atom is 0.323 e. The van der Waals surface area contributed by atoms with E-state index in [0.29, 0.717) is 12.1 Å². The first-order chi connectivity index (χ1) is 14.3. The maximum atomic E-state index is 13.2. The molecule has 30 heavy (non-hydrogen) atoms. The minimum absolute atomic E-state index is 0.125. The Morgan fingerprint density at radius 3 is 2.57 bits per heavy atom. The summed E-state index contributed by atoms with van der Waals surface area (Å²) in [5, 5.41) is 7.02. The van der Waals surface area contributed by atoms with Crippen LogP contribution in [0.25, 0.3) is 0 Å². The lowest BCUT2D eigenvalue weighted by Gasteiger charge is -2.41. The number of benzene rings is 1. The summed E-state index contributed by atoms with van der Waals surface area (Å²) in [5.74, 6) is -0.584. The fraction of sp³-hybridized carbons (Fsp3) is 0.368. The summed E-state index contributed by atoms with van der Waals surface area (Å²) in [6.07, 6.45) is -0.894. The van der Waals surface area contributed by atoms with Crippen molar-refractivity contribution in [2.45, 2.75) is 23.7 Å². The van der Waals surface area contributed by atoms with Crippen LogP contribution in [-0.2, 0) is 14.8 Å². The third kappa shape index (κ3) is 4.81. The van der Waals surface area contributed by atoms with Crippen molar-refractivity contribution in [3.63, 3.8) is 0 Å². The lowest BCUT2D eigenvalue weighted by Crippen LogP contribution is -2.64. The van der Waals surface area contributed by atoms with Gasteiger partial charge < -0.3 is 16.4 Å². The lowest BCUT2D eigenvalue weighted by atomic mass is 10.2. The van der Waals surface area contributed by atoms with E-state index in [2.05, 4.69) is 10.6 Å². The molecular formula is C19H25N5O4S2. The Kier molecular flexibility index (Phi) is 7.08. The van der Waals surface area contributed by atoms with Crippen LogP contribution in [0.1, 0.15) is 12.0 Å². The Bertz CT molecular complexity index is 977. The van der Waals surface area contributed by atoms with Gasteiger partial charge in [0.15, 0.2) is 6.17 Å². The predicted molar refractivity (Wildman–Crippen MR) is 116 cm³/mol. The van der Waals surface area contributed by atoms with Gasteiger partial charge in [-0.3, -0.25) is 9.69 Å². The van der Waals surface area contributed by atoms with Crippen molar-refractivity contribution in [1.29, 1.82) is 0 Å². The quantitative estimate of drug-likeness (QED) is 0.612. The molecule has 3 amide bonds. The molecule has 0 aliphatic carbocycles. The van der Waals surface area contributed by atoms with E-state index in [1.165, 1.54) is 11.0 Å². The van der Waals surface area contributed by atoms with E-state index < -0.39 is 28.1 Å². The molecule has 3 rings (SSSR count). The van der Waals surface area contributed by atoms with Crippen LogP contribution in [0.3, 0.4) is 0 Å². The summed E-state index contributed by atoms with van der Waals surface area (Å²) in [5.41, 5.74) is 7.08. The number of amides is 3. The van der Waals surface area contributed by atoms with Crippen molar-refractivity contribution >= 4 is 39.0 Å². The SMILES string of the molecule is Cc1ccc(NC(=O)N2CCCN(S(=O)(=O)c3cccs3)C2C(=O)NCCN)cc1. The van der Waals surface area contributed by atoms with Gasteiger partial charge in [-0.05, 0) is 36.9 Å². The normalized spacial score (nSPS) is 17.5. The molecule has 0 radical (unpaired) electrons. The monoisotopic (exact) mass is 451 g/mol. The van der Waals surface area contributed by atoms with Crippen molar-refractivity contribution in [3.8, 4) is 0 Å². The zero-order valence-electron chi connectivity index (χ0n) is 16.6. The second-order valence-electron chi connectivity index (χ2n) is 6.84. The van der Waals surface area contributed by atoms with Gasteiger partial charge in [0.05, 0.1) is 0 Å². The van der Waals surface area contributed by atoms with Gasteiger partial charge in [0.2, 0.25) is 0 Å². The molecule has 1 aliphatic rings. The van der Waals surface area contributed by atoms with E-state index in [-0.39, 0.29) is 30.4 Å². The Hall–Kier alpha value is -2.47. The second-order valence-corrected chi connectivity index (χ2v) is 9.91. The van der Waals surface area contributed by atoms with Crippen LogP contribution < -0.4 is 16.4 Å². The molecule has 9 nitrogen and oxygen atoms in total. The Morgan fingerprint density at radius 1 is 1.20 bits per heavy atom. The van der Waals surface area contributed by atoms with Crippen LogP contribution >= 0.6 is 11.3 Å². The van der Waals surface area contributed by atoms with Crippen LogP contribution in [0.2, 0.25) is 0 Å². The van der Waals surface area contributed by atoms with Crippen LogP contribution in [0.5, 0.6) is 0 Å². The summed E-state index contributed by atoms with van der Waals surface area (Å²) in [6, 6.07) is 9.78. The zero-order chi connectivity index (χ0) is 21.7. The fourth-order valence-corrected chi connectivity index (χ4v) is 5.89. The minimum atomic E-state index is -3.94. The van der Waals surface area contributed by atoms with Crippen molar-refractivity contribution in [2.24, 2.45) is 5.73 Å². The number of aryl methyl sites for hydroxylation is 1. The van der Waals surface area contributed by atoms with Gasteiger partial charge in [-0.2, -0.15) is 4.31 Å². The number of hydrogen-bond donors (Lipinski definition) is 3. The third-order valence-corrected chi connectivity index (χ3v) is 7.87. The number of carbonyl (C=O) groups is 2. The van der Waals surface area contributed by atoms with Gasteiger partial charge in [0.1, 0.15) is 4.21 Å². The zero-order valence-corrected chi connectivity index (χ0v) is 18.2. The van der Waals surface area contributed by atoms with E-state index in [1.54, 1.807) is 23.6 Å². The van der Waals surface area contributed by atoms with Gasteiger partial charge >= 0.3 is 6.03 Å². The average molecular weight is 452 g/mol. The molecule has 2 heterocycles.